The molecule has 0 amide bonds. The summed E-state index contributed by atoms with van der Waals surface area (Å²) < 4.78 is 10.9. The summed E-state index contributed by atoms with van der Waals surface area (Å²) in [5.74, 6) is 2.32. The van der Waals surface area contributed by atoms with Crippen LogP contribution in [-0.2, 0) is 17.7 Å². The van der Waals surface area contributed by atoms with Crippen LogP contribution in [0.4, 0.5) is 0 Å². The van der Waals surface area contributed by atoms with Crippen molar-refractivity contribution < 1.29 is 14.3 Å². The first-order valence-corrected chi connectivity index (χ1v) is 7.58. The van der Waals surface area contributed by atoms with Gasteiger partial charge in [-0.05, 0) is 30.9 Å². The lowest BCUT2D eigenvalue weighted by Crippen LogP contribution is -2.50. The SMILES string of the molecule is CCc1ccc(CN2CCC(O)(CCOC)C(C)C2)o1. The van der Waals surface area contributed by atoms with Crippen molar-refractivity contribution in [2.45, 2.75) is 45.3 Å². The van der Waals surface area contributed by atoms with Crippen molar-refractivity contribution in [2.75, 3.05) is 26.8 Å². The molecule has 2 rings (SSSR count). The fourth-order valence-corrected chi connectivity index (χ4v) is 2.96. The van der Waals surface area contributed by atoms with Gasteiger partial charge in [0.25, 0.3) is 0 Å². The second-order valence-electron chi connectivity index (χ2n) is 5.95. The average Bonchev–Trinajstić information content (AvgIpc) is 2.89. The van der Waals surface area contributed by atoms with Crippen molar-refractivity contribution in [2.24, 2.45) is 5.92 Å². The Morgan fingerprint density at radius 1 is 1.45 bits per heavy atom. The van der Waals surface area contributed by atoms with Crippen LogP contribution in [0.15, 0.2) is 16.5 Å². The maximum atomic E-state index is 10.7. The van der Waals surface area contributed by atoms with E-state index in [0.717, 1.165) is 50.4 Å². The molecule has 1 aromatic rings. The van der Waals surface area contributed by atoms with Gasteiger partial charge in [-0.1, -0.05) is 13.8 Å². The molecule has 0 radical (unpaired) electrons. The molecule has 4 heteroatoms. The number of aryl methyl sites for hydroxylation is 1. The Kier molecular flexibility index (Phi) is 5.24. The van der Waals surface area contributed by atoms with Crippen LogP contribution in [0.5, 0.6) is 0 Å². The molecule has 114 valence electrons. The molecule has 1 aromatic heterocycles. The van der Waals surface area contributed by atoms with E-state index >= 15 is 0 Å². The number of methoxy groups -OCH3 is 1. The number of likely N-dealkylation sites (tertiary alicyclic amines) is 1. The third kappa shape index (κ3) is 3.62. The summed E-state index contributed by atoms with van der Waals surface area (Å²) in [7, 11) is 1.69. The monoisotopic (exact) mass is 281 g/mol. The maximum Gasteiger partial charge on any atom is 0.118 e. The summed E-state index contributed by atoms with van der Waals surface area (Å²) in [6.45, 7) is 7.50. The standard InChI is InChI=1S/C16H27NO3/c1-4-14-5-6-15(20-14)12-17-9-7-16(18,8-10-19-3)13(2)11-17/h5-6,13,18H,4,7-12H2,1-3H3. The Bertz CT molecular complexity index is 418. The number of ether oxygens (including phenoxy) is 1. The first-order chi connectivity index (χ1) is 9.57. The molecule has 2 heterocycles. The lowest BCUT2D eigenvalue weighted by atomic mass is 9.80. The van der Waals surface area contributed by atoms with E-state index in [-0.39, 0.29) is 5.92 Å². The summed E-state index contributed by atoms with van der Waals surface area (Å²) >= 11 is 0. The second kappa shape index (κ2) is 6.74. The van der Waals surface area contributed by atoms with E-state index in [1.54, 1.807) is 7.11 Å². The van der Waals surface area contributed by atoms with Crippen molar-refractivity contribution in [3.8, 4) is 0 Å². The van der Waals surface area contributed by atoms with E-state index in [9.17, 15) is 5.11 Å². The lowest BCUT2D eigenvalue weighted by molar-refractivity contribution is -0.0835. The Morgan fingerprint density at radius 2 is 2.20 bits per heavy atom. The highest BCUT2D eigenvalue weighted by molar-refractivity contribution is 5.07. The van der Waals surface area contributed by atoms with Gasteiger partial charge in [0.05, 0.1) is 12.1 Å². The van der Waals surface area contributed by atoms with Crippen molar-refractivity contribution >= 4 is 0 Å². The van der Waals surface area contributed by atoms with Gasteiger partial charge in [0, 0.05) is 33.2 Å². The van der Waals surface area contributed by atoms with Crippen LogP contribution in [0.2, 0.25) is 0 Å². The average molecular weight is 281 g/mol. The highest BCUT2D eigenvalue weighted by Gasteiger charge is 2.38. The third-order valence-corrected chi connectivity index (χ3v) is 4.49. The van der Waals surface area contributed by atoms with Crippen molar-refractivity contribution in [3.63, 3.8) is 0 Å². The Balaban J connectivity index is 1.88. The fraction of sp³-hybridized carbons (Fsp3) is 0.750. The smallest absolute Gasteiger partial charge is 0.118 e. The molecule has 1 N–H and O–H groups in total. The molecule has 0 spiro atoms. The Morgan fingerprint density at radius 3 is 2.80 bits per heavy atom. The van der Waals surface area contributed by atoms with Crippen LogP contribution < -0.4 is 0 Å². The van der Waals surface area contributed by atoms with Crippen LogP contribution >= 0.6 is 0 Å². The first kappa shape index (κ1) is 15.5. The minimum absolute atomic E-state index is 0.256. The Labute approximate surface area is 121 Å². The first-order valence-electron chi connectivity index (χ1n) is 7.58. The topological polar surface area (TPSA) is 45.8 Å². The number of hydrogen-bond donors (Lipinski definition) is 1. The van der Waals surface area contributed by atoms with Crippen molar-refractivity contribution in [1.82, 2.24) is 4.90 Å². The van der Waals surface area contributed by atoms with Gasteiger partial charge < -0.3 is 14.3 Å². The van der Waals surface area contributed by atoms with Gasteiger partial charge in [-0.15, -0.1) is 0 Å². The molecule has 0 aliphatic carbocycles. The van der Waals surface area contributed by atoms with Crippen LogP contribution in [0, 0.1) is 5.92 Å². The predicted octanol–water partition coefficient (Wildman–Crippen LogP) is 2.45. The molecule has 0 saturated carbocycles. The van der Waals surface area contributed by atoms with Crippen LogP contribution in [0.3, 0.4) is 0 Å². The molecule has 20 heavy (non-hydrogen) atoms. The number of piperidine rings is 1. The van der Waals surface area contributed by atoms with E-state index < -0.39 is 5.60 Å². The van der Waals surface area contributed by atoms with Gasteiger partial charge in [0.2, 0.25) is 0 Å². The molecule has 0 aromatic carbocycles. The van der Waals surface area contributed by atoms with E-state index in [2.05, 4.69) is 30.9 Å². The minimum atomic E-state index is -0.579. The highest BCUT2D eigenvalue weighted by Crippen LogP contribution is 2.31. The van der Waals surface area contributed by atoms with E-state index in [1.807, 2.05) is 0 Å². The van der Waals surface area contributed by atoms with E-state index in [0.29, 0.717) is 6.61 Å². The van der Waals surface area contributed by atoms with Crippen molar-refractivity contribution in [3.05, 3.63) is 23.7 Å². The number of aliphatic hydroxyl groups is 1. The summed E-state index contributed by atoms with van der Waals surface area (Å²) in [6, 6.07) is 4.12. The van der Waals surface area contributed by atoms with Gasteiger partial charge >= 0.3 is 0 Å². The normalized spacial score (nSPS) is 27.9. The van der Waals surface area contributed by atoms with E-state index in [1.165, 1.54) is 0 Å². The predicted molar refractivity (Wildman–Crippen MR) is 78.6 cm³/mol. The Hall–Kier alpha value is -0.840. The minimum Gasteiger partial charge on any atom is -0.465 e. The molecule has 1 fully saturated rings. The number of furan rings is 1. The second-order valence-corrected chi connectivity index (χ2v) is 5.95. The van der Waals surface area contributed by atoms with Gasteiger partial charge in [-0.2, -0.15) is 0 Å². The van der Waals surface area contributed by atoms with Gasteiger partial charge in [0.15, 0.2) is 0 Å². The molecular formula is C16H27NO3. The largest absolute Gasteiger partial charge is 0.465 e. The highest BCUT2D eigenvalue weighted by atomic mass is 16.5. The zero-order valence-corrected chi connectivity index (χ0v) is 12.9. The molecule has 1 aliphatic rings. The van der Waals surface area contributed by atoms with Crippen LogP contribution in [0.25, 0.3) is 0 Å². The van der Waals surface area contributed by atoms with Crippen LogP contribution in [-0.4, -0.2) is 42.4 Å². The number of rotatable bonds is 6. The molecule has 4 nitrogen and oxygen atoms in total. The van der Waals surface area contributed by atoms with Gasteiger partial charge in [0.1, 0.15) is 11.5 Å². The van der Waals surface area contributed by atoms with E-state index in [4.69, 9.17) is 9.15 Å². The zero-order chi connectivity index (χ0) is 14.6. The molecule has 1 saturated heterocycles. The number of hydrogen-bond acceptors (Lipinski definition) is 4. The lowest BCUT2D eigenvalue weighted by Gasteiger charge is -2.43. The summed E-state index contributed by atoms with van der Waals surface area (Å²) in [4.78, 5) is 2.37. The molecular weight excluding hydrogens is 254 g/mol. The summed E-state index contributed by atoms with van der Waals surface area (Å²) in [5, 5.41) is 10.7. The molecule has 2 unspecified atom stereocenters. The summed E-state index contributed by atoms with van der Waals surface area (Å²) in [5.41, 5.74) is -0.579. The van der Waals surface area contributed by atoms with Crippen molar-refractivity contribution in [1.29, 1.82) is 0 Å². The fourth-order valence-electron chi connectivity index (χ4n) is 2.96. The van der Waals surface area contributed by atoms with Gasteiger partial charge in [-0.25, -0.2) is 0 Å². The molecule has 2 atom stereocenters. The van der Waals surface area contributed by atoms with Gasteiger partial charge in [-0.3, -0.25) is 4.90 Å². The maximum absolute atomic E-state index is 10.7. The molecule has 1 aliphatic heterocycles. The number of nitrogens with zero attached hydrogens (tertiary/aromatic N) is 1. The summed E-state index contributed by atoms with van der Waals surface area (Å²) in [6.07, 6.45) is 2.46. The quantitative estimate of drug-likeness (QED) is 0.870. The third-order valence-electron chi connectivity index (χ3n) is 4.49. The van der Waals surface area contributed by atoms with Crippen LogP contribution in [0.1, 0.15) is 38.2 Å². The zero-order valence-electron chi connectivity index (χ0n) is 12.9. The molecule has 0 bridgehead atoms.